The summed E-state index contributed by atoms with van der Waals surface area (Å²) in [7, 11) is 1.81. The van der Waals surface area contributed by atoms with Crippen LogP contribution in [0.2, 0.25) is 0 Å². The van der Waals surface area contributed by atoms with Gasteiger partial charge in [-0.15, -0.1) is 0 Å². The zero-order valence-electron chi connectivity index (χ0n) is 13.2. The summed E-state index contributed by atoms with van der Waals surface area (Å²) in [5.41, 5.74) is 0. The van der Waals surface area contributed by atoms with Crippen molar-refractivity contribution in [2.75, 3.05) is 26.8 Å². The molecule has 3 nitrogen and oxygen atoms in total. The van der Waals surface area contributed by atoms with Crippen LogP contribution in [0.5, 0.6) is 0 Å². The molecule has 1 heterocycles. The summed E-state index contributed by atoms with van der Waals surface area (Å²) >= 11 is 0. The van der Waals surface area contributed by atoms with Crippen LogP contribution in [-0.2, 0) is 4.74 Å². The summed E-state index contributed by atoms with van der Waals surface area (Å²) in [5, 5.41) is 3.79. The standard InChI is InChI=1S/C16H32N2O/c1-12(2)9-15-11-18(13(3)7-8-19-4)16(10-17-15)14-5-6-14/h12-17H,5-11H2,1-4H3. The monoisotopic (exact) mass is 268 g/mol. The van der Waals surface area contributed by atoms with Gasteiger partial charge in [0.2, 0.25) is 0 Å². The van der Waals surface area contributed by atoms with Crippen molar-refractivity contribution in [2.45, 2.75) is 64.6 Å². The Kier molecular flexibility index (Phi) is 5.67. The van der Waals surface area contributed by atoms with Crippen molar-refractivity contribution in [3.8, 4) is 0 Å². The number of ether oxygens (including phenoxy) is 1. The minimum atomic E-state index is 0.655. The molecule has 19 heavy (non-hydrogen) atoms. The Hall–Kier alpha value is -0.120. The van der Waals surface area contributed by atoms with Crippen LogP contribution >= 0.6 is 0 Å². The van der Waals surface area contributed by atoms with E-state index in [0.29, 0.717) is 12.1 Å². The molecule has 2 fully saturated rings. The molecular formula is C16H32N2O. The van der Waals surface area contributed by atoms with Gasteiger partial charge in [0.25, 0.3) is 0 Å². The van der Waals surface area contributed by atoms with Crippen LogP contribution in [0, 0.1) is 11.8 Å². The van der Waals surface area contributed by atoms with Crippen molar-refractivity contribution in [3.05, 3.63) is 0 Å². The highest BCUT2D eigenvalue weighted by Crippen LogP contribution is 2.37. The Morgan fingerprint density at radius 1 is 1.26 bits per heavy atom. The summed E-state index contributed by atoms with van der Waals surface area (Å²) in [6.45, 7) is 10.3. The Morgan fingerprint density at radius 3 is 2.58 bits per heavy atom. The van der Waals surface area contributed by atoms with Crippen molar-refractivity contribution >= 4 is 0 Å². The predicted molar refractivity (Wildman–Crippen MR) is 80.4 cm³/mol. The number of hydrogen-bond acceptors (Lipinski definition) is 3. The van der Waals surface area contributed by atoms with Crippen LogP contribution in [0.25, 0.3) is 0 Å². The highest BCUT2D eigenvalue weighted by atomic mass is 16.5. The zero-order valence-corrected chi connectivity index (χ0v) is 13.2. The van der Waals surface area contributed by atoms with Gasteiger partial charge in [0.1, 0.15) is 0 Å². The van der Waals surface area contributed by atoms with Gasteiger partial charge in [0.05, 0.1) is 0 Å². The largest absolute Gasteiger partial charge is 0.385 e. The average Bonchev–Trinajstić information content (AvgIpc) is 3.19. The van der Waals surface area contributed by atoms with Crippen LogP contribution in [0.3, 0.4) is 0 Å². The van der Waals surface area contributed by atoms with Gasteiger partial charge in [0, 0.05) is 44.9 Å². The van der Waals surface area contributed by atoms with Crippen LogP contribution < -0.4 is 5.32 Å². The van der Waals surface area contributed by atoms with E-state index in [-0.39, 0.29) is 0 Å². The number of nitrogens with one attached hydrogen (secondary N) is 1. The summed E-state index contributed by atoms with van der Waals surface area (Å²) in [6.07, 6.45) is 5.34. The molecule has 112 valence electrons. The first-order valence-electron chi connectivity index (χ1n) is 8.09. The van der Waals surface area contributed by atoms with Gasteiger partial charge in [-0.25, -0.2) is 0 Å². The minimum Gasteiger partial charge on any atom is -0.385 e. The molecule has 1 saturated heterocycles. The lowest BCUT2D eigenvalue weighted by atomic mass is 9.96. The molecule has 2 rings (SSSR count). The topological polar surface area (TPSA) is 24.5 Å². The fraction of sp³-hybridized carbons (Fsp3) is 1.00. The highest BCUT2D eigenvalue weighted by molar-refractivity contribution is 4.96. The molecule has 0 spiro atoms. The number of nitrogens with zero attached hydrogens (tertiary/aromatic N) is 1. The molecule has 3 atom stereocenters. The Labute approximate surface area is 119 Å². The van der Waals surface area contributed by atoms with Gasteiger partial charge in [-0.1, -0.05) is 13.8 Å². The molecule has 0 amide bonds. The van der Waals surface area contributed by atoms with E-state index in [1.165, 1.54) is 32.4 Å². The first-order valence-corrected chi connectivity index (χ1v) is 8.09. The van der Waals surface area contributed by atoms with Gasteiger partial charge in [-0.2, -0.15) is 0 Å². The van der Waals surface area contributed by atoms with E-state index in [9.17, 15) is 0 Å². The second-order valence-electron chi connectivity index (χ2n) is 6.97. The van der Waals surface area contributed by atoms with Crippen molar-refractivity contribution in [1.82, 2.24) is 10.2 Å². The lowest BCUT2D eigenvalue weighted by Crippen LogP contribution is -2.60. The van der Waals surface area contributed by atoms with Gasteiger partial charge >= 0.3 is 0 Å². The third-order valence-electron chi connectivity index (χ3n) is 4.70. The third kappa shape index (κ3) is 4.44. The third-order valence-corrected chi connectivity index (χ3v) is 4.70. The lowest BCUT2D eigenvalue weighted by molar-refractivity contribution is 0.0537. The molecule has 3 heteroatoms. The van der Waals surface area contributed by atoms with E-state index in [1.54, 1.807) is 0 Å². The maximum absolute atomic E-state index is 5.26. The molecular weight excluding hydrogens is 236 g/mol. The van der Waals surface area contributed by atoms with Crippen molar-refractivity contribution in [1.29, 1.82) is 0 Å². The summed E-state index contributed by atoms with van der Waals surface area (Å²) in [5.74, 6) is 1.74. The second-order valence-corrected chi connectivity index (χ2v) is 6.97. The fourth-order valence-corrected chi connectivity index (χ4v) is 3.47. The molecule has 1 N–H and O–H groups in total. The van der Waals surface area contributed by atoms with Gasteiger partial charge < -0.3 is 10.1 Å². The quantitative estimate of drug-likeness (QED) is 0.768. The van der Waals surface area contributed by atoms with Gasteiger partial charge in [0.15, 0.2) is 0 Å². The molecule has 0 radical (unpaired) electrons. The van der Waals surface area contributed by atoms with E-state index in [4.69, 9.17) is 4.74 Å². The number of methoxy groups -OCH3 is 1. The first kappa shape index (κ1) is 15.3. The van der Waals surface area contributed by atoms with E-state index in [1.807, 2.05) is 7.11 Å². The van der Waals surface area contributed by atoms with Crippen molar-refractivity contribution in [3.63, 3.8) is 0 Å². The molecule has 0 aromatic heterocycles. The van der Waals surface area contributed by atoms with Gasteiger partial charge in [-0.3, -0.25) is 4.90 Å². The van der Waals surface area contributed by atoms with Crippen molar-refractivity contribution < 1.29 is 4.74 Å². The molecule has 0 aromatic rings. The second kappa shape index (κ2) is 7.05. The molecule has 1 saturated carbocycles. The van der Waals surface area contributed by atoms with Crippen LogP contribution in [-0.4, -0.2) is 49.8 Å². The minimum absolute atomic E-state index is 0.655. The van der Waals surface area contributed by atoms with Crippen LogP contribution in [0.1, 0.15) is 46.5 Å². The van der Waals surface area contributed by atoms with E-state index in [2.05, 4.69) is 31.0 Å². The van der Waals surface area contributed by atoms with Crippen LogP contribution in [0.15, 0.2) is 0 Å². The molecule has 2 aliphatic rings. The van der Waals surface area contributed by atoms with E-state index >= 15 is 0 Å². The fourth-order valence-electron chi connectivity index (χ4n) is 3.47. The first-order chi connectivity index (χ1) is 9.11. The maximum Gasteiger partial charge on any atom is 0.0477 e. The molecule has 0 aromatic carbocycles. The van der Waals surface area contributed by atoms with Crippen LogP contribution in [0.4, 0.5) is 0 Å². The van der Waals surface area contributed by atoms with Crippen molar-refractivity contribution in [2.24, 2.45) is 11.8 Å². The Morgan fingerprint density at radius 2 is 2.00 bits per heavy atom. The number of piperazine rings is 1. The van der Waals surface area contributed by atoms with E-state index < -0.39 is 0 Å². The predicted octanol–water partition coefficient (Wildman–Crippen LogP) is 2.51. The van der Waals surface area contributed by atoms with E-state index in [0.717, 1.165) is 30.9 Å². The lowest BCUT2D eigenvalue weighted by Gasteiger charge is -2.44. The number of hydrogen-bond donors (Lipinski definition) is 1. The molecule has 3 unspecified atom stereocenters. The highest BCUT2D eigenvalue weighted by Gasteiger charge is 2.40. The normalized spacial score (nSPS) is 30.8. The number of rotatable bonds is 7. The summed E-state index contributed by atoms with van der Waals surface area (Å²) in [4.78, 5) is 2.78. The Balaban J connectivity index is 1.91. The summed E-state index contributed by atoms with van der Waals surface area (Å²) < 4.78 is 5.26. The van der Waals surface area contributed by atoms with Gasteiger partial charge in [-0.05, 0) is 44.4 Å². The summed E-state index contributed by atoms with van der Waals surface area (Å²) in [6, 6.07) is 2.11. The molecule has 1 aliphatic carbocycles. The molecule has 1 aliphatic heterocycles. The SMILES string of the molecule is COCCC(C)N1CC(CC(C)C)NCC1C1CC1. The zero-order chi connectivity index (χ0) is 13.8. The molecule has 0 bridgehead atoms. The maximum atomic E-state index is 5.26. The Bertz CT molecular complexity index is 265. The average molecular weight is 268 g/mol. The smallest absolute Gasteiger partial charge is 0.0477 e.